The van der Waals surface area contributed by atoms with Crippen molar-refractivity contribution in [3.8, 4) is 5.75 Å². The lowest BCUT2D eigenvalue weighted by Gasteiger charge is -2.25. The molecule has 0 spiro atoms. The second-order valence-electron chi connectivity index (χ2n) is 6.53. The van der Waals surface area contributed by atoms with Crippen LogP contribution < -0.4 is 10.1 Å². The third kappa shape index (κ3) is 4.03. The second-order valence-corrected chi connectivity index (χ2v) is 6.53. The average Bonchev–Trinajstić information content (AvgIpc) is 2.67. The molecule has 0 fully saturated rings. The highest BCUT2D eigenvalue weighted by Crippen LogP contribution is 2.22. The van der Waals surface area contributed by atoms with Crippen molar-refractivity contribution in [1.82, 2.24) is 10.2 Å². The van der Waals surface area contributed by atoms with E-state index in [9.17, 15) is 4.79 Å². The van der Waals surface area contributed by atoms with Crippen LogP contribution >= 0.6 is 0 Å². The van der Waals surface area contributed by atoms with Crippen molar-refractivity contribution in [2.45, 2.75) is 6.04 Å². The van der Waals surface area contributed by atoms with Crippen LogP contribution in [0.15, 0.2) is 66.7 Å². The summed E-state index contributed by atoms with van der Waals surface area (Å²) >= 11 is 0. The molecule has 1 atom stereocenters. The number of hydrogen-bond donors (Lipinski definition) is 1. The van der Waals surface area contributed by atoms with Gasteiger partial charge in [0.15, 0.2) is 0 Å². The van der Waals surface area contributed by atoms with Gasteiger partial charge in [0.05, 0.1) is 13.2 Å². The largest absolute Gasteiger partial charge is 0.497 e. The molecule has 0 aliphatic carbocycles. The molecule has 0 bridgehead atoms. The average molecular weight is 348 g/mol. The number of methoxy groups -OCH3 is 1. The molecule has 4 nitrogen and oxygen atoms in total. The summed E-state index contributed by atoms with van der Waals surface area (Å²) in [5.74, 6) is 0.751. The van der Waals surface area contributed by atoms with E-state index in [1.165, 1.54) is 0 Å². The van der Waals surface area contributed by atoms with Gasteiger partial charge >= 0.3 is 0 Å². The molecule has 0 aliphatic heterocycles. The maximum absolute atomic E-state index is 12.6. The zero-order valence-electron chi connectivity index (χ0n) is 15.4. The van der Waals surface area contributed by atoms with Crippen molar-refractivity contribution in [2.75, 3.05) is 27.7 Å². The van der Waals surface area contributed by atoms with Gasteiger partial charge in [0.2, 0.25) is 0 Å². The Morgan fingerprint density at radius 2 is 1.77 bits per heavy atom. The smallest absolute Gasteiger partial charge is 0.251 e. The number of ether oxygens (including phenoxy) is 1. The van der Waals surface area contributed by atoms with Crippen LogP contribution in [0.4, 0.5) is 0 Å². The van der Waals surface area contributed by atoms with Crippen LogP contribution in [0.5, 0.6) is 5.75 Å². The minimum atomic E-state index is -0.0644. The Morgan fingerprint density at radius 1 is 1.00 bits per heavy atom. The van der Waals surface area contributed by atoms with Gasteiger partial charge in [-0.2, -0.15) is 0 Å². The Morgan fingerprint density at radius 3 is 2.50 bits per heavy atom. The number of benzene rings is 3. The molecule has 26 heavy (non-hydrogen) atoms. The summed E-state index contributed by atoms with van der Waals surface area (Å²) in [4.78, 5) is 14.7. The zero-order chi connectivity index (χ0) is 18.5. The minimum absolute atomic E-state index is 0.0644. The summed E-state index contributed by atoms with van der Waals surface area (Å²) in [6.45, 7) is 0.520. The highest BCUT2D eigenvalue weighted by molar-refractivity contribution is 5.98. The molecule has 4 heteroatoms. The Bertz CT molecular complexity index is 905. The summed E-state index contributed by atoms with van der Waals surface area (Å²) in [5.41, 5.74) is 1.78. The molecule has 0 aliphatic rings. The molecular formula is C22H24N2O2. The number of carbonyl (C=O) groups is 1. The fraction of sp³-hybridized carbons (Fsp3) is 0.227. The number of nitrogens with zero attached hydrogens (tertiary/aromatic N) is 1. The van der Waals surface area contributed by atoms with E-state index in [-0.39, 0.29) is 11.9 Å². The van der Waals surface area contributed by atoms with Crippen molar-refractivity contribution in [3.05, 3.63) is 77.9 Å². The number of likely N-dealkylation sites (N-methyl/N-ethyl adjacent to an activating group) is 1. The molecule has 0 aromatic heterocycles. The molecule has 1 unspecified atom stereocenters. The molecule has 3 aromatic carbocycles. The quantitative estimate of drug-likeness (QED) is 0.735. The van der Waals surface area contributed by atoms with Crippen molar-refractivity contribution in [1.29, 1.82) is 0 Å². The summed E-state index contributed by atoms with van der Waals surface area (Å²) < 4.78 is 5.31. The van der Waals surface area contributed by atoms with Crippen LogP contribution in [0.25, 0.3) is 10.8 Å². The van der Waals surface area contributed by atoms with E-state index in [0.29, 0.717) is 12.1 Å². The van der Waals surface area contributed by atoms with Crippen LogP contribution in [0.1, 0.15) is 22.0 Å². The Balaban J connectivity index is 1.74. The number of nitrogens with one attached hydrogen (secondary N) is 1. The second kappa shape index (κ2) is 8.02. The lowest BCUT2D eigenvalue weighted by Crippen LogP contribution is -2.34. The van der Waals surface area contributed by atoms with Gasteiger partial charge in [-0.15, -0.1) is 0 Å². The van der Waals surface area contributed by atoms with Crippen molar-refractivity contribution >= 4 is 16.7 Å². The summed E-state index contributed by atoms with van der Waals surface area (Å²) in [7, 11) is 5.67. The Labute approximate surface area is 154 Å². The molecule has 134 valence electrons. The lowest BCUT2D eigenvalue weighted by atomic mass is 10.0. The first-order valence-electron chi connectivity index (χ1n) is 8.66. The fourth-order valence-corrected chi connectivity index (χ4v) is 3.07. The monoisotopic (exact) mass is 348 g/mol. The van der Waals surface area contributed by atoms with E-state index >= 15 is 0 Å². The number of amides is 1. The van der Waals surface area contributed by atoms with Crippen LogP contribution in [0, 0.1) is 0 Å². The first-order valence-corrected chi connectivity index (χ1v) is 8.66. The lowest BCUT2D eigenvalue weighted by molar-refractivity contribution is 0.0942. The SMILES string of the molecule is COc1cccc(C(CNC(=O)c2ccc3ccccc3c2)N(C)C)c1. The third-order valence-electron chi connectivity index (χ3n) is 4.57. The van der Waals surface area contributed by atoms with Gasteiger partial charge < -0.3 is 15.0 Å². The standard InChI is InChI=1S/C22H24N2O2/c1-24(2)21(18-9-6-10-20(14-18)26-3)15-23-22(25)19-12-11-16-7-4-5-8-17(16)13-19/h4-14,21H,15H2,1-3H3,(H,23,25). The predicted molar refractivity (Wildman–Crippen MR) is 106 cm³/mol. The first kappa shape index (κ1) is 18.0. The van der Waals surface area contributed by atoms with Gasteiger partial charge in [-0.25, -0.2) is 0 Å². The molecule has 3 rings (SSSR count). The summed E-state index contributed by atoms with van der Waals surface area (Å²) in [6, 6.07) is 21.8. The predicted octanol–water partition coefficient (Wildman–Crippen LogP) is 3.88. The van der Waals surface area contributed by atoms with Gasteiger partial charge in [-0.05, 0) is 54.7 Å². The van der Waals surface area contributed by atoms with Crippen LogP contribution in [-0.4, -0.2) is 38.6 Å². The highest BCUT2D eigenvalue weighted by atomic mass is 16.5. The van der Waals surface area contributed by atoms with Crippen LogP contribution in [0.2, 0.25) is 0 Å². The van der Waals surface area contributed by atoms with E-state index < -0.39 is 0 Å². The van der Waals surface area contributed by atoms with E-state index in [1.807, 2.05) is 74.8 Å². The maximum Gasteiger partial charge on any atom is 0.251 e. The van der Waals surface area contributed by atoms with E-state index in [2.05, 4.69) is 16.3 Å². The van der Waals surface area contributed by atoms with Gasteiger partial charge in [0.1, 0.15) is 5.75 Å². The molecule has 0 saturated heterocycles. The van der Waals surface area contributed by atoms with Crippen molar-refractivity contribution in [2.24, 2.45) is 0 Å². The van der Waals surface area contributed by atoms with Crippen molar-refractivity contribution in [3.63, 3.8) is 0 Å². The summed E-state index contributed by atoms with van der Waals surface area (Å²) in [5, 5.41) is 5.26. The summed E-state index contributed by atoms with van der Waals surface area (Å²) in [6.07, 6.45) is 0. The van der Waals surface area contributed by atoms with Crippen LogP contribution in [-0.2, 0) is 0 Å². The number of fused-ring (bicyclic) bond motifs is 1. The molecular weight excluding hydrogens is 324 g/mol. The van der Waals surface area contributed by atoms with Gasteiger partial charge in [0.25, 0.3) is 5.91 Å². The third-order valence-corrected chi connectivity index (χ3v) is 4.57. The van der Waals surface area contributed by atoms with Crippen molar-refractivity contribution < 1.29 is 9.53 Å². The number of carbonyl (C=O) groups excluding carboxylic acids is 1. The Kier molecular flexibility index (Phi) is 5.54. The molecule has 1 amide bonds. The van der Waals surface area contributed by atoms with Crippen LogP contribution in [0.3, 0.4) is 0 Å². The zero-order valence-corrected chi connectivity index (χ0v) is 15.4. The number of hydrogen-bond acceptors (Lipinski definition) is 3. The highest BCUT2D eigenvalue weighted by Gasteiger charge is 2.16. The minimum Gasteiger partial charge on any atom is -0.497 e. The van der Waals surface area contributed by atoms with Gasteiger partial charge in [-0.3, -0.25) is 4.79 Å². The van der Waals surface area contributed by atoms with E-state index in [1.54, 1.807) is 7.11 Å². The molecule has 0 saturated carbocycles. The fourth-order valence-electron chi connectivity index (χ4n) is 3.07. The van der Waals surface area contributed by atoms with E-state index in [0.717, 1.165) is 22.1 Å². The molecule has 0 radical (unpaired) electrons. The van der Waals surface area contributed by atoms with Gasteiger partial charge in [-0.1, -0.05) is 42.5 Å². The van der Waals surface area contributed by atoms with Gasteiger partial charge in [0, 0.05) is 12.1 Å². The molecule has 3 aromatic rings. The first-order chi connectivity index (χ1) is 12.6. The molecule has 1 N–H and O–H groups in total. The number of rotatable bonds is 6. The Hall–Kier alpha value is -2.85. The maximum atomic E-state index is 12.6. The topological polar surface area (TPSA) is 41.6 Å². The normalized spacial score (nSPS) is 12.2. The van der Waals surface area contributed by atoms with E-state index in [4.69, 9.17) is 4.74 Å². The molecule has 0 heterocycles.